The molecule has 9 N–H and O–H groups in total. The quantitative estimate of drug-likeness (QED) is 0.125. The van der Waals surface area contributed by atoms with Crippen LogP contribution in [-0.2, 0) is 25.6 Å². The SMILES string of the molecule is CSCCC(N)C(=O)NC(CCCCN)C(=O)NC(CC(C)C)C(=O)NC(Cc1cnc[nH]1)C(=O)O. The zero-order valence-corrected chi connectivity index (χ0v) is 22.1. The zero-order valence-electron chi connectivity index (χ0n) is 21.3. The molecule has 0 spiro atoms. The van der Waals surface area contributed by atoms with E-state index in [4.69, 9.17) is 11.5 Å². The molecule has 4 atom stereocenters. The molecule has 204 valence electrons. The lowest BCUT2D eigenvalue weighted by molar-refractivity contribution is -0.142. The van der Waals surface area contributed by atoms with Crippen molar-refractivity contribution in [2.24, 2.45) is 17.4 Å². The van der Waals surface area contributed by atoms with Crippen molar-refractivity contribution in [3.8, 4) is 0 Å². The molecule has 0 aromatic carbocycles. The van der Waals surface area contributed by atoms with E-state index in [9.17, 15) is 24.3 Å². The van der Waals surface area contributed by atoms with Crippen LogP contribution in [0.15, 0.2) is 12.5 Å². The van der Waals surface area contributed by atoms with Gasteiger partial charge in [-0.3, -0.25) is 14.4 Å². The van der Waals surface area contributed by atoms with Gasteiger partial charge >= 0.3 is 5.97 Å². The molecule has 1 heterocycles. The van der Waals surface area contributed by atoms with Crippen molar-refractivity contribution in [2.45, 2.75) is 76.5 Å². The highest BCUT2D eigenvalue weighted by Crippen LogP contribution is 2.09. The Hall–Kier alpha value is -2.64. The molecular weight excluding hydrogens is 486 g/mol. The number of nitrogens with zero attached hydrogens (tertiary/aromatic N) is 1. The number of carbonyl (C=O) groups excluding carboxylic acids is 3. The molecule has 4 unspecified atom stereocenters. The number of thioether (sulfide) groups is 1. The lowest BCUT2D eigenvalue weighted by Crippen LogP contribution is -2.57. The fourth-order valence-corrected chi connectivity index (χ4v) is 3.97. The Morgan fingerprint density at radius 1 is 1.03 bits per heavy atom. The number of imidazole rings is 1. The highest BCUT2D eigenvalue weighted by molar-refractivity contribution is 7.98. The van der Waals surface area contributed by atoms with E-state index in [1.54, 1.807) is 11.8 Å². The third-order valence-electron chi connectivity index (χ3n) is 5.48. The molecule has 1 aromatic rings. The summed E-state index contributed by atoms with van der Waals surface area (Å²) in [4.78, 5) is 57.2. The van der Waals surface area contributed by atoms with E-state index < -0.39 is 47.9 Å². The number of hydrogen-bond acceptors (Lipinski definition) is 8. The second-order valence-electron chi connectivity index (χ2n) is 9.10. The van der Waals surface area contributed by atoms with Gasteiger partial charge in [-0.25, -0.2) is 9.78 Å². The fourth-order valence-electron chi connectivity index (χ4n) is 3.48. The van der Waals surface area contributed by atoms with Gasteiger partial charge in [-0.2, -0.15) is 11.8 Å². The molecule has 0 saturated heterocycles. The molecule has 13 heteroatoms. The number of rotatable bonds is 18. The second kappa shape index (κ2) is 16.9. The maximum atomic E-state index is 13.2. The average molecular weight is 528 g/mol. The first-order valence-corrected chi connectivity index (χ1v) is 13.5. The molecule has 1 rings (SSSR count). The van der Waals surface area contributed by atoms with Gasteiger partial charge < -0.3 is 37.5 Å². The number of amides is 3. The molecule has 0 radical (unpaired) electrons. The first kappa shape index (κ1) is 31.4. The summed E-state index contributed by atoms with van der Waals surface area (Å²) >= 11 is 1.57. The van der Waals surface area contributed by atoms with Crippen molar-refractivity contribution >= 4 is 35.5 Å². The zero-order chi connectivity index (χ0) is 27.1. The van der Waals surface area contributed by atoms with Gasteiger partial charge in [-0.1, -0.05) is 13.8 Å². The maximum absolute atomic E-state index is 13.2. The molecule has 0 bridgehead atoms. The minimum absolute atomic E-state index is 0.00905. The van der Waals surface area contributed by atoms with Crippen LogP contribution >= 0.6 is 11.8 Å². The normalized spacial score (nSPS) is 14.5. The number of nitrogens with one attached hydrogen (secondary N) is 4. The third-order valence-corrected chi connectivity index (χ3v) is 6.13. The van der Waals surface area contributed by atoms with Crippen molar-refractivity contribution in [3.05, 3.63) is 18.2 Å². The number of aromatic nitrogens is 2. The van der Waals surface area contributed by atoms with Crippen molar-refractivity contribution < 1.29 is 24.3 Å². The highest BCUT2D eigenvalue weighted by atomic mass is 32.2. The van der Waals surface area contributed by atoms with Crippen LogP contribution in [0.3, 0.4) is 0 Å². The van der Waals surface area contributed by atoms with Crippen LogP contribution in [0, 0.1) is 5.92 Å². The minimum Gasteiger partial charge on any atom is -0.480 e. The van der Waals surface area contributed by atoms with E-state index in [1.165, 1.54) is 12.5 Å². The Labute approximate surface area is 216 Å². The number of carboxylic acids is 1. The van der Waals surface area contributed by atoms with Crippen LogP contribution in [0.2, 0.25) is 0 Å². The summed E-state index contributed by atoms with van der Waals surface area (Å²) in [7, 11) is 0. The number of carboxylic acid groups (broad SMARTS) is 1. The summed E-state index contributed by atoms with van der Waals surface area (Å²) in [6.45, 7) is 4.22. The minimum atomic E-state index is -1.21. The van der Waals surface area contributed by atoms with Gasteiger partial charge in [0, 0.05) is 18.3 Å². The molecule has 0 aliphatic carbocycles. The lowest BCUT2D eigenvalue weighted by atomic mass is 10.0. The second-order valence-corrected chi connectivity index (χ2v) is 10.1. The summed E-state index contributed by atoms with van der Waals surface area (Å²) in [6, 6.07) is -3.85. The Kier molecular flexibility index (Phi) is 14.8. The van der Waals surface area contributed by atoms with E-state index >= 15 is 0 Å². The van der Waals surface area contributed by atoms with E-state index in [0.29, 0.717) is 43.7 Å². The number of aliphatic carboxylic acids is 1. The summed E-state index contributed by atoms with van der Waals surface area (Å²) in [5.41, 5.74) is 12.1. The predicted molar refractivity (Wildman–Crippen MR) is 139 cm³/mol. The van der Waals surface area contributed by atoms with Crippen LogP contribution in [0.5, 0.6) is 0 Å². The van der Waals surface area contributed by atoms with E-state index in [-0.39, 0.29) is 18.8 Å². The van der Waals surface area contributed by atoms with Crippen LogP contribution in [0.1, 0.15) is 51.6 Å². The Morgan fingerprint density at radius 2 is 1.67 bits per heavy atom. The highest BCUT2D eigenvalue weighted by Gasteiger charge is 2.30. The number of carbonyl (C=O) groups is 4. The largest absolute Gasteiger partial charge is 0.480 e. The van der Waals surface area contributed by atoms with Crippen LogP contribution in [0.25, 0.3) is 0 Å². The molecular formula is C23H41N7O5S. The number of hydrogen-bond donors (Lipinski definition) is 7. The standard InChI is InChI=1S/C23H41N7O5S/c1-14(2)10-18(22(33)30-19(23(34)35)11-15-12-26-13-27-15)29-21(32)17(6-4-5-8-24)28-20(31)16(25)7-9-36-3/h12-14,16-19H,4-11,24-25H2,1-3H3,(H,26,27)(H,28,31)(H,29,32)(H,30,33)(H,34,35). The molecule has 0 aliphatic rings. The van der Waals surface area contributed by atoms with Gasteiger partial charge in [0.25, 0.3) is 0 Å². The molecule has 1 aromatic heterocycles. The Morgan fingerprint density at radius 3 is 2.22 bits per heavy atom. The van der Waals surface area contributed by atoms with Gasteiger partial charge in [-0.15, -0.1) is 0 Å². The Bertz CT molecular complexity index is 822. The summed E-state index contributed by atoms with van der Waals surface area (Å²) in [5, 5.41) is 17.5. The van der Waals surface area contributed by atoms with Crippen molar-refractivity contribution in [2.75, 3.05) is 18.6 Å². The van der Waals surface area contributed by atoms with Gasteiger partial charge in [0.15, 0.2) is 0 Å². The molecule has 0 saturated carbocycles. The molecule has 0 fully saturated rings. The van der Waals surface area contributed by atoms with Gasteiger partial charge in [-0.05, 0) is 56.6 Å². The summed E-state index contributed by atoms with van der Waals surface area (Å²) in [5.74, 6) is -2.06. The van der Waals surface area contributed by atoms with E-state index in [2.05, 4.69) is 25.9 Å². The van der Waals surface area contributed by atoms with Crippen molar-refractivity contribution in [1.82, 2.24) is 25.9 Å². The molecule has 36 heavy (non-hydrogen) atoms. The Balaban J connectivity index is 2.95. The van der Waals surface area contributed by atoms with Crippen LogP contribution < -0.4 is 27.4 Å². The monoisotopic (exact) mass is 527 g/mol. The van der Waals surface area contributed by atoms with Crippen molar-refractivity contribution in [3.63, 3.8) is 0 Å². The number of H-pyrrole nitrogens is 1. The van der Waals surface area contributed by atoms with Gasteiger partial charge in [0.2, 0.25) is 17.7 Å². The first-order valence-electron chi connectivity index (χ1n) is 12.1. The van der Waals surface area contributed by atoms with E-state index in [1.807, 2.05) is 20.1 Å². The van der Waals surface area contributed by atoms with Gasteiger partial charge in [0.1, 0.15) is 18.1 Å². The smallest absolute Gasteiger partial charge is 0.326 e. The molecule has 12 nitrogen and oxygen atoms in total. The first-order chi connectivity index (χ1) is 17.1. The predicted octanol–water partition coefficient (Wildman–Crippen LogP) is -0.253. The summed E-state index contributed by atoms with van der Waals surface area (Å²) in [6.07, 6.45) is 7.17. The van der Waals surface area contributed by atoms with Crippen molar-refractivity contribution in [1.29, 1.82) is 0 Å². The number of aromatic amines is 1. The lowest BCUT2D eigenvalue weighted by Gasteiger charge is -2.26. The fraction of sp³-hybridized carbons (Fsp3) is 0.696. The van der Waals surface area contributed by atoms with Crippen LogP contribution in [-0.4, -0.2) is 81.5 Å². The van der Waals surface area contributed by atoms with Crippen LogP contribution in [0.4, 0.5) is 0 Å². The average Bonchev–Trinajstić information content (AvgIpc) is 3.33. The number of unbranched alkanes of at least 4 members (excludes halogenated alkanes) is 1. The van der Waals surface area contributed by atoms with Gasteiger partial charge in [0.05, 0.1) is 12.4 Å². The topological polar surface area (TPSA) is 205 Å². The summed E-state index contributed by atoms with van der Waals surface area (Å²) < 4.78 is 0. The number of nitrogens with two attached hydrogens (primary N) is 2. The molecule has 3 amide bonds. The maximum Gasteiger partial charge on any atom is 0.326 e. The molecule has 0 aliphatic heterocycles. The third kappa shape index (κ3) is 11.9. The van der Waals surface area contributed by atoms with E-state index in [0.717, 1.165) is 0 Å².